The van der Waals surface area contributed by atoms with Gasteiger partial charge in [0.2, 0.25) is 0 Å². The Kier molecular flexibility index (Phi) is 5.46. The lowest BCUT2D eigenvalue weighted by molar-refractivity contribution is -0.134. The van der Waals surface area contributed by atoms with Gasteiger partial charge in [0.05, 0.1) is 13.7 Å². The van der Waals surface area contributed by atoms with Crippen molar-refractivity contribution in [3.05, 3.63) is 52.0 Å². The number of methoxy groups -OCH3 is 1. The summed E-state index contributed by atoms with van der Waals surface area (Å²) < 4.78 is 6.30. The second-order valence-corrected chi connectivity index (χ2v) is 5.18. The molecule has 0 amide bonds. The third-order valence-corrected chi connectivity index (χ3v) is 3.87. The van der Waals surface area contributed by atoms with E-state index in [1.54, 1.807) is 17.7 Å². The van der Waals surface area contributed by atoms with E-state index in [4.69, 9.17) is 23.2 Å². The second-order valence-electron chi connectivity index (χ2n) is 4.47. The topological polar surface area (TPSA) is 56.1 Å². The van der Waals surface area contributed by atoms with Gasteiger partial charge in [-0.25, -0.2) is 9.78 Å². The minimum atomic E-state index is -0.405. The lowest BCUT2D eigenvalue weighted by Crippen LogP contribution is -2.07. The number of hydrogen-bond acceptors (Lipinski definition) is 4. The monoisotopic (exact) mass is 339 g/mol. The maximum atomic E-state index is 11.2. The van der Waals surface area contributed by atoms with Crippen molar-refractivity contribution in [1.82, 2.24) is 9.55 Å². The van der Waals surface area contributed by atoms with Gasteiger partial charge in [-0.1, -0.05) is 41.4 Å². The van der Waals surface area contributed by atoms with Gasteiger partial charge >= 0.3 is 5.97 Å². The molecule has 2 rings (SSSR count). The zero-order valence-corrected chi connectivity index (χ0v) is 13.6. The molecule has 0 aliphatic heterocycles. The summed E-state index contributed by atoms with van der Waals surface area (Å²) >= 11 is 11.9. The zero-order chi connectivity index (χ0) is 16.1. The number of imidazole rings is 1. The first-order chi connectivity index (χ1) is 10.5. The number of benzene rings is 1. The van der Waals surface area contributed by atoms with E-state index in [2.05, 4.69) is 15.0 Å². The molecule has 0 unspecified atom stereocenters. The molecule has 0 fully saturated rings. The molecule has 1 heterocycles. The van der Waals surface area contributed by atoms with Crippen molar-refractivity contribution >= 4 is 40.9 Å². The number of nitrogens with zero attached hydrogens (tertiary/aromatic N) is 2. The van der Waals surface area contributed by atoms with Crippen molar-refractivity contribution in [3.63, 3.8) is 0 Å². The van der Waals surface area contributed by atoms with Gasteiger partial charge in [-0.15, -0.1) is 0 Å². The minimum Gasteiger partial charge on any atom is -0.466 e. The van der Waals surface area contributed by atoms with E-state index in [1.807, 2.05) is 24.3 Å². The van der Waals surface area contributed by atoms with Gasteiger partial charge in [0.25, 0.3) is 0 Å². The third-order valence-electron chi connectivity index (χ3n) is 3.08. The summed E-state index contributed by atoms with van der Waals surface area (Å²) in [4.78, 5) is 15.4. The predicted octanol–water partition coefficient (Wildman–Crippen LogP) is 3.53. The minimum absolute atomic E-state index is 0.278. The summed E-state index contributed by atoms with van der Waals surface area (Å²) in [6, 6.07) is 7.58. The number of para-hydroxylation sites is 1. The number of nitrogens with one attached hydrogen (secondary N) is 1. The summed E-state index contributed by atoms with van der Waals surface area (Å²) in [7, 11) is 3.13. The first-order valence-corrected chi connectivity index (χ1v) is 7.24. The summed E-state index contributed by atoms with van der Waals surface area (Å²) in [6.45, 7) is 0.450. The van der Waals surface area contributed by atoms with Gasteiger partial charge in [-0.2, -0.15) is 0 Å². The molecule has 0 bridgehead atoms. The Bertz CT molecular complexity index is 711. The third kappa shape index (κ3) is 3.81. The highest BCUT2D eigenvalue weighted by molar-refractivity contribution is 6.40. The number of halogens is 2. The summed E-state index contributed by atoms with van der Waals surface area (Å²) in [5.74, 6) is 0.305. The van der Waals surface area contributed by atoms with E-state index < -0.39 is 5.97 Å². The van der Waals surface area contributed by atoms with Crippen LogP contribution in [0.2, 0.25) is 10.3 Å². The summed E-state index contributed by atoms with van der Waals surface area (Å²) in [5, 5.41) is 3.93. The molecule has 0 spiro atoms. The van der Waals surface area contributed by atoms with Crippen LogP contribution in [0.4, 0.5) is 5.69 Å². The Labute approximate surface area is 138 Å². The Balaban J connectivity index is 2.14. The maximum Gasteiger partial charge on any atom is 0.330 e. The number of anilines is 1. The number of esters is 1. The van der Waals surface area contributed by atoms with Gasteiger partial charge in [0.1, 0.15) is 11.0 Å². The van der Waals surface area contributed by atoms with Crippen LogP contribution in [0.1, 0.15) is 11.4 Å². The van der Waals surface area contributed by atoms with Gasteiger partial charge in [-0.3, -0.25) is 0 Å². The summed E-state index contributed by atoms with van der Waals surface area (Å²) in [6.07, 6.45) is 3.06. The summed E-state index contributed by atoms with van der Waals surface area (Å²) in [5.41, 5.74) is 1.72. The number of aromatic nitrogens is 2. The van der Waals surface area contributed by atoms with E-state index in [-0.39, 0.29) is 5.15 Å². The van der Waals surface area contributed by atoms with Crippen LogP contribution in [-0.2, 0) is 23.1 Å². The fourth-order valence-electron chi connectivity index (χ4n) is 1.85. The Hall–Kier alpha value is -1.98. The Morgan fingerprint density at radius 1 is 1.41 bits per heavy atom. The van der Waals surface area contributed by atoms with E-state index >= 15 is 0 Å². The molecule has 2 aromatic rings. The highest BCUT2D eigenvalue weighted by Gasteiger charge is 2.10. The average molecular weight is 340 g/mol. The van der Waals surface area contributed by atoms with Gasteiger partial charge in [0.15, 0.2) is 5.15 Å². The molecule has 0 aliphatic rings. The van der Waals surface area contributed by atoms with Crippen molar-refractivity contribution in [2.24, 2.45) is 7.05 Å². The van der Waals surface area contributed by atoms with Crippen molar-refractivity contribution in [3.8, 4) is 0 Å². The SMILES string of the molecule is COC(=O)C=Cc1ccccc1NCc1nc(Cl)c(Cl)n1C. The van der Waals surface area contributed by atoms with E-state index in [1.165, 1.54) is 13.2 Å². The molecule has 0 radical (unpaired) electrons. The normalized spacial score (nSPS) is 10.9. The van der Waals surface area contributed by atoms with Gasteiger partial charge in [-0.05, 0) is 17.7 Å². The van der Waals surface area contributed by atoms with Gasteiger partial charge < -0.3 is 14.6 Å². The maximum absolute atomic E-state index is 11.2. The molecule has 0 atom stereocenters. The molecule has 1 N–H and O–H groups in total. The number of rotatable bonds is 5. The van der Waals surface area contributed by atoms with Crippen LogP contribution < -0.4 is 5.32 Å². The quantitative estimate of drug-likeness (QED) is 0.668. The standard InChI is InChI=1S/C15H15Cl2N3O2/c1-20-12(19-14(16)15(20)17)9-18-11-6-4-3-5-10(11)7-8-13(21)22-2/h3-8,18H,9H2,1-2H3. The average Bonchev–Trinajstić information content (AvgIpc) is 2.78. The molecular weight excluding hydrogens is 325 g/mol. The largest absolute Gasteiger partial charge is 0.466 e. The lowest BCUT2D eigenvalue weighted by Gasteiger charge is -2.09. The second kappa shape index (κ2) is 7.33. The van der Waals surface area contributed by atoms with E-state index in [0.717, 1.165) is 11.3 Å². The molecule has 0 aliphatic carbocycles. The predicted molar refractivity (Wildman–Crippen MR) is 88.0 cm³/mol. The van der Waals surface area contributed by atoms with E-state index in [9.17, 15) is 4.79 Å². The molecule has 22 heavy (non-hydrogen) atoms. The van der Waals surface area contributed by atoms with Crippen LogP contribution in [0, 0.1) is 0 Å². The van der Waals surface area contributed by atoms with Crippen LogP contribution in [0.5, 0.6) is 0 Å². The Morgan fingerprint density at radius 3 is 2.77 bits per heavy atom. The fraction of sp³-hybridized carbons (Fsp3) is 0.200. The molecule has 0 saturated carbocycles. The van der Waals surface area contributed by atoms with Gasteiger partial charge in [0, 0.05) is 18.8 Å². The first-order valence-electron chi connectivity index (χ1n) is 6.48. The molecule has 1 aromatic carbocycles. The van der Waals surface area contributed by atoms with Crippen LogP contribution in [0.25, 0.3) is 6.08 Å². The van der Waals surface area contributed by atoms with Crippen molar-refractivity contribution in [1.29, 1.82) is 0 Å². The van der Waals surface area contributed by atoms with Crippen LogP contribution in [-0.4, -0.2) is 22.6 Å². The van der Waals surface area contributed by atoms with Crippen molar-refractivity contribution in [2.45, 2.75) is 6.54 Å². The number of carbonyl (C=O) groups is 1. The Morgan fingerprint density at radius 2 is 2.14 bits per heavy atom. The molecule has 0 saturated heterocycles. The number of ether oxygens (including phenoxy) is 1. The van der Waals surface area contributed by atoms with Crippen molar-refractivity contribution in [2.75, 3.05) is 12.4 Å². The smallest absolute Gasteiger partial charge is 0.330 e. The number of carbonyl (C=O) groups excluding carboxylic acids is 1. The molecule has 1 aromatic heterocycles. The molecule has 5 nitrogen and oxygen atoms in total. The van der Waals surface area contributed by atoms with E-state index in [0.29, 0.717) is 17.5 Å². The highest BCUT2D eigenvalue weighted by atomic mass is 35.5. The lowest BCUT2D eigenvalue weighted by atomic mass is 10.1. The van der Waals surface area contributed by atoms with Crippen LogP contribution in [0.3, 0.4) is 0 Å². The zero-order valence-electron chi connectivity index (χ0n) is 12.1. The molecule has 116 valence electrons. The molecular formula is C15H15Cl2N3O2. The van der Waals surface area contributed by atoms with Crippen molar-refractivity contribution < 1.29 is 9.53 Å². The fourth-order valence-corrected chi connectivity index (χ4v) is 2.21. The number of hydrogen-bond donors (Lipinski definition) is 1. The van der Waals surface area contributed by atoms with Crippen LogP contribution >= 0.6 is 23.2 Å². The highest BCUT2D eigenvalue weighted by Crippen LogP contribution is 2.23. The first kappa shape index (κ1) is 16.4. The van der Waals surface area contributed by atoms with Crippen LogP contribution in [0.15, 0.2) is 30.3 Å². The molecule has 7 heteroatoms.